The number of aromatic nitrogens is 4. The van der Waals surface area contributed by atoms with E-state index in [1.165, 1.54) is 11.8 Å². The Morgan fingerprint density at radius 1 is 1.09 bits per heavy atom. The smallest absolute Gasteiger partial charge is 0.182 e. The van der Waals surface area contributed by atoms with Crippen LogP contribution in [0.1, 0.15) is 5.56 Å². The Hall–Kier alpha value is -4.26. The number of hydrogen-bond acceptors (Lipinski definition) is 8. The zero-order valence-electron chi connectivity index (χ0n) is 18.4. The summed E-state index contributed by atoms with van der Waals surface area (Å²) in [6.07, 6.45) is 5.20. The summed E-state index contributed by atoms with van der Waals surface area (Å²) in [7, 11) is 0. The van der Waals surface area contributed by atoms with Gasteiger partial charge in [0.05, 0.1) is 5.69 Å². The Bertz CT molecular complexity index is 1560. The Morgan fingerprint density at radius 2 is 1.83 bits per heavy atom. The quantitative estimate of drug-likeness (QED) is 0.211. The molecule has 0 bridgehead atoms. The monoisotopic (exact) mass is 499 g/mol. The number of rotatable bonds is 6. The van der Waals surface area contributed by atoms with Crippen LogP contribution in [-0.2, 0) is 0 Å². The first kappa shape index (κ1) is 22.5. The highest BCUT2D eigenvalue weighted by atomic mass is 35.5. The number of fused-ring (bicyclic) bond motifs is 1. The first-order valence-corrected chi connectivity index (χ1v) is 12.0. The molecule has 0 aliphatic carbocycles. The number of nitrogens with zero attached hydrogens (tertiary/aromatic N) is 5. The van der Waals surface area contributed by atoms with E-state index in [0.717, 1.165) is 11.3 Å². The average molecular weight is 500 g/mol. The van der Waals surface area contributed by atoms with Gasteiger partial charge in [-0.25, -0.2) is 9.50 Å². The molecule has 2 aromatic carbocycles. The Kier molecular flexibility index (Phi) is 6.14. The molecule has 0 radical (unpaired) electrons. The second kappa shape index (κ2) is 9.54. The normalized spacial score (nSPS) is 10.8. The summed E-state index contributed by atoms with van der Waals surface area (Å²) in [4.78, 5) is 8.60. The summed E-state index contributed by atoms with van der Waals surface area (Å²) in [5, 5.41) is 18.9. The molecular weight excluding hydrogens is 482 g/mol. The van der Waals surface area contributed by atoms with E-state index in [-0.39, 0.29) is 0 Å². The van der Waals surface area contributed by atoms with Gasteiger partial charge < -0.3 is 15.8 Å². The minimum Gasteiger partial charge on any atom is -0.457 e. The summed E-state index contributed by atoms with van der Waals surface area (Å²) in [5.74, 6) is 1.80. The average Bonchev–Trinajstić information content (AvgIpc) is 3.19. The molecule has 0 spiro atoms. The highest BCUT2D eigenvalue weighted by Crippen LogP contribution is 2.35. The Balaban J connectivity index is 1.54. The zero-order valence-corrected chi connectivity index (χ0v) is 20.0. The summed E-state index contributed by atoms with van der Waals surface area (Å²) < 4.78 is 7.40. The molecule has 8 nitrogen and oxygen atoms in total. The van der Waals surface area contributed by atoms with E-state index in [9.17, 15) is 5.26 Å². The predicted octanol–water partition coefficient (Wildman–Crippen LogP) is 6.16. The molecule has 0 amide bonds. The zero-order chi connectivity index (χ0) is 24.4. The van der Waals surface area contributed by atoms with Gasteiger partial charge in [-0.05, 0) is 54.8 Å². The minimum absolute atomic E-state index is 0.366. The van der Waals surface area contributed by atoms with Crippen molar-refractivity contribution in [2.24, 2.45) is 0 Å². The minimum atomic E-state index is 0.366. The van der Waals surface area contributed by atoms with Crippen LogP contribution in [0.25, 0.3) is 16.9 Å². The van der Waals surface area contributed by atoms with Crippen LogP contribution in [0.4, 0.5) is 17.2 Å². The van der Waals surface area contributed by atoms with Crippen LogP contribution in [0.2, 0.25) is 5.02 Å². The fraction of sp³-hybridized carbons (Fsp3) is 0.0400. The second-order valence-corrected chi connectivity index (χ2v) is 8.63. The van der Waals surface area contributed by atoms with Gasteiger partial charge in [-0.1, -0.05) is 23.7 Å². The number of thioether (sulfide) groups is 1. The van der Waals surface area contributed by atoms with Crippen molar-refractivity contribution >= 4 is 46.2 Å². The van der Waals surface area contributed by atoms with Crippen molar-refractivity contribution in [3.05, 3.63) is 83.6 Å². The van der Waals surface area contributed by atoms with Gasteiger partial charge in [-0.15, -0.1) is 16.9 Å². The van der Waals surface area contributed by atoms with E-state index in [0.29, 0.717) is 50.0 Å². The third kappa shape index (κ3) is 4.45. The molecule has 0 fully saturated rings. The van der Waals surface area contributed by atoms with Crippen LogP contribution in [0.3, 0.4) is 0 Å². The molecule has 3 N–H and O–H groups in total. The van der Waals surface area contributed by atoms with Crippen molar-refractivity contribution in [3.8, 4) is 28.8 Å². The molecule has 10 heteroatoms. The van der Waals surface area contributed by atoms with Crippen LogP contribution in [0.15, 0.2) is 78.1 Å². The lowest BCUT2D eigenvalue weighted by molar-refractivity contribution is 0.482. The van der Waals surface area contributed by atoms with E-state index in [4.69, 9.17) is 22.1 Å². The number of nitrogen functional groups attached to an aromatic ring is 1. The number of hydrogen-bond donors (Lipinski definition) is 2. The van der Waals surface area contributed by atoms with Gasteiger partial charge in [0.1, 0.15) is 33.8 Å². The van der Waals surface area contributed by atoms with Crippen molar-refractivity contribution in [3.63, 3.8) is 0 Å². The number of nitrogens with one attached hydrogen (secondary N) is 1. The molecule has 35 heavy (non-hydrogen) atoms. The topological polar surface area (TPSA) is 114 Å². The largest absolute Gasteiger partial charge is 0.457 e. The molecule has 0 saturated carbocycles. The number of nitrogens with two attached hydrogens (primary N) is 1. The first-order valence-electron chi connectivity index (χ1n) is 10.4. The number of anilines is 3. The van der Waals surface area contributed by atoms with E-state index in [2.05, 4.69) is 26.5 Å². The van der Waals surface area contributed by atoms with Gasteiger partial charge >= 0.3 is 0 Å². The standard InChI is InChI=1S/C25H18ClN7OS/c1-35-25-20(14-27)22(15-3-2-4-16(26)13-15)33-24(31-25)21(28)23(32-33)30-17-5-7-18(8-6-17)34-19-9-11-29-12-10-19/h2-13H,28H2,1H3,(H,30,32). The first-order chi connectivity index (χ1) is 17.1. The molecule has 0 unspecified atom stereocenters. The molecule has 0 aliphatic heterocycles. The van der Waals surface area contributed by atoms with Crippen LogP contribution >= 0.6 is 23.4 Å². The van der Waals surface area contributed by atoms with Crippen LogP contribution < -0.4 is 15.8 Å². The third-order valence-electron chi connectivity index (χ3n) is 5.17. The summed E-state index contributed by atoms with van der Waals surface area (Å²) in [6, 6.07) is 20.5. The van der Waals surface area contributed by atoms with Crippen molar-refractivity contribution in [1.29, 1.82) is 5.26 Å². The number of ether oxygens (including phenoxy) is 1. The summed E-state index contributed by atoms with van der Waals surface area (Å²) in [5.41, 5.74) is 9.74. The van der Waals surface area contributed by atoms with Gasteiger partial charge in [0.2, 0.25) is 0 Å². The fourth-order valence-electron chi connectivity index (χ4n) is 3.57. The van der Waals surface area contributed by atoms with Gasteiger partial charge in [0.25, 0.3) is 0 Å². The Morgan fingerprint density at radius 3 is 2.51 bits per heavy atom. The van der Waals surface area contributed by atoms with E-state index >= 15 is 0 Å². The number of benzene rings is 2. The lowest BCUT2D eigenvalue weighted by atomic mass is 10.1. The molecule has 0 atom stereocenters. The van der Waals surface area contributed by atoms with Crippen LogP contribution in [-0.4, -0.2) is 25.8 Å². The molecular formula is C25H18ClN7OS. The van der Waals surface area contributed by atoms with E-state index < -0.39 is 0 Å². The van der Waals surface area contributed by atoms with Crippen LogP contribution in [0, 0.1) is 11.3 Å². The lowest BCUT2D eigenvalue weighted by Crippen LogP contribution is -2.03. The molecule has 0 aliphatic rings. The van der Waals surface area contributed by atoms with Crippen molar-refractivity contribution < 1.29 is 4.74 Å². The molecule has 5 rings (SSSR count). The van der Waals surface area contributed by atoms with Gasteiger partial charge in [0, 0.05) is 28.7 Å². The molecule has 3 aromatic heterocycles. The maximum Gasteiger partial charge on any atom is 0.182 e. The SMILES string of the molecule is CSc1nc2c(N)c(Nc3ccc(Oc4ccncc4)cc3)nn2c(-c2cccc(Cl)c2)c1C#N. The third-order valence-corrected chi connectivity index (χ3v) is 6.09. The molecule has 0 saturated heterocycles. The number of halogens is 1. The summed E-state index contributed by atoms with van der Waals surface area (Å²) in [6.45, 7) is 0. The molecule has 3 heterocycles. The Labute approximate surface area is 210 Å². The maximum atomic E-state index is 9.92. The molecule has 172 valence electrons. The highest BCUT2D eigenvalue weighted by molar-refractivity contribution is 7.98. The fourth-order valence-corrected chi connectivity index (χ4v) is 4.29. The van der Waals surface area contributed by atoms with E-state index in [1.807, 2.05) is 42.7 Å². The lowest BCUT2D eigenvalue weighted by Gasteiger charge is -2.10. The summed E-state index contributed by atoms with van der Waals surface area (Å²) >= 11 is 7.61. The number of pyridine rings is 1. The van der Waals surface area contributed by atoms with Gasteiger partial charge in [-0.3, -0.25) is 4.98 Å². The second-order valence-electron chi connectivity index (χ2n) is 7.40. The highest BCUT2D eigenvalue weighted by Gasteiger charge is 2.22. The maximum absolute atomic E-state index is 9.92. The van der Waals surface area contributed by atoms with Gasteiger partial charge in [0.15, 0.2) is 11.5 Å². The predicted molar refractivity (Wildman–Crippen MR) is 138 cm³/mol. The van der Waals surface area contributed by atoms with Crippen LogP contribution in [0.5, 0.6) is 11.5 Å². The number of nitriles is 1. The van der Waals surface area contributed by atoms with E-state index in [1.54, 1.807) is 41.2 Å². The van der Waals surface area contributed by atoms with Crippen molar-refractivity contribution in [2.75, 3.05) is 17.3 Å². The molecule has 5 aromatic rings. The van der Waals surface area contributed by atoms with Crippen molar-refractivity contribution in [1.82, 2.24) is 19.6 Å². The van der Waals surface area contributed by atoms with Gasteiger partial charge in [-0.2, -0.15) is 5.26 Å². The van der Waals surface area contributed by atoms with Crippen molar-refractivity contribution in [2.45, 2.75) is 5.03 Å².